The van der Waals surface area contributed by atoms with Crippen molar-refractivity contribution in [2.75, 3.05) is 0 Å². The fourth-order valence-corrected chi connectivity index (χ4v) is 1.91. The molecule has 0 amide bonds. The zero-order valence-electron chi connectivity index (χ0n) is 12.5. The SMILES string of the molecule is Cc1nc2c(OCc3nc(C(C)(C)C)no3)cccc2o1. The second kappa shape index (κ2) is 4.87. The highest BCUT2D eigenvalue weighted by atomic mass is 16.5. The summed E-state index contributed by atoms with van der Waals surface area (Å²) in [5.74, 6) is 2.35. The van der Waals surface area contributed by atoms with Crippen molar-refractivity contribution in [3.63, 3.8) is 0 Å². The molecule has 0 aliphatic carbocycles. The second-order valence-electron chi connectivity index (χ2n) is 5.89. The van der Waals surface area contributed by atoms with Crippen LogP contribution in [0.15, 0.2) is 27.1 Å². The average molecular weight is 287 g/mol. The summed E-state index contributed by atoms with van der Waals surface area (Å²) in [6, 6.07) is 5.55. The zero-order chi connectivity index (χ0) is 15.0. The van der Waals surface area contributed by atoms with E-state index in [0.29, 0.717) is 34.5 Å². The van der Waals surface area contributed by atoms with Crippen LogP contribution in [0.4, 0.5) is 0 Å². The minimum atomic E-state index is -0.148. The number of hydrogen-bond donors (Lipinski definition) is 0. The maximum Gasteiger partial charge on any atom is 0.264 e. The maximum absolute atomic E-state index is 5.73. The molecule has 0 atom stereocenters. The summed E-state index contributed by atoms with van der Waals surface area (Å²) in [5.41, 5.74) is 1.25. The van der Waals surface area contributed by atoms with Crippen LogP contribution in [0.5, 0.6) is 5.75 Å². The summed E-state index contributed by atoms with van der Waals surface area (Å²) in [6.07, 6.45) is 0. The second-order valence-corrected chi connectivity index (χ2v) is 5.89. The lowest BCUT2D eigenvalue weighted by Gasteiger charge is -2.10. The molecule has 21 heavy (non-hydrogen) atoms. The first-order valence-electron chi connectivity index (χ1n) is 6.75. The number of ether oxygens (including phenoxy) is 1. The van der Waals surface area contributed by atoms with E-state index in [-0.39, 0.29) is 12.0 Å². The van der Waals surface area contributed by atoms with Crippen LogP contribution in [0.3, 0.4) is 0 Å². The number of benzene rings is 1. The summed E-state index contributed by atoms with van der Waals surface area (Å²) in [7, 11) is 0. The summed E-state index contributed by atoms with van der Waals surface area (Å²) < 4.78 is 16.4. The molecule has 0 spiro atoms. The van der Waals surface area contributed by atoms with Crippen LogP contribution < -0.4 is 4.74 Å². The first kappa shape index (κ1) is 13.6. The normalized spacial score (nSPS) is 12.0. The Bertz CT molecular complexity index is 768. The third kappa shape index (κ3) is 2.74. The number of hydrogen-bond acceptors (Lipinski definition) is 6. The fourth-order valence-electron chi connectivity index (χ4n) is 1.91. The average Bonchev–Trinajstić information content (AvgIpc) is 3.00. The first-order valence-corrected chi connectivity index (χ1v) is 6.75. The molecule has 0 bridgehead atoms. The van der Waals surface area contributed by atoms with E-state index in [0.717, 1.165) is 0 Å². The lowest BCUT2D eigenvalue weighted by atomic mass is 9.96. The van der Waals surface area contributed by atoms with Crippen LogP contribution in [-0.2, 0) is 12.0 Å². The summed E-state index contributed by atoms with van der Waals surface area (Å²) in [4.78, 5) is 8.65. The molecule has 3 rings (SSSR count). The van der Waals surface area contributed by atoms with E-state index in [2.05, 4.69) is 15.1 Å². The van der Waals surface area contributed by atoms with E-state index in [1.807, 2.05) is 39.0 Å². The molecule has 0 aliphatic heterocycles. The summed E-state index contributed by atoms with van der Waals surface area (Å²) >= 11 is 0. The summed E-state index contributed by atoms with van der Waals surface area (Å²) in [6.45, 7) is 8.09. The topological polar surface area (TPSA) is 74.2 Å². The van der Waals surface area contributed by atoms with Crippen LogP contribution >= 0.6 is 0 Å². The van der Waals surface area contributed by atoms with E-state index < -0.39 is 0 Å². The van der Waals surface area contributed by atoms with Crippen LogP contribution in [0.25, 0.3) is 11.1 Å². The first-order chi connectivity index (χ1) is 9.93. The van der Waals surface area contributed by atoms with Crippen LogP contribution in [0.2, 0.25) is 0 Å². The van der Waals surface area contributed by atoms with Gasteiger partial charge in [-0.1, -0.05) is 32.0 Å². The van der Waals surface area contributed by atoms with Crippen molar-refractivity contribution in [3.8, 4) is 5.75 Å². The van der Waals surface area contributed by atoms with Gasteiger partial charge < -0.3 is 13.7 Å². The zero-order valence-corrected chi connectivity index (χ0v) is 12.5. The molecular formula is C15H17N3O3. The third-order valence-electron chi connectivity index (χ3n) is 2.98. The Morgan fingerprint density at radius 2 is 2.00 bits per heavy atom. The highest BCUT2D eigenvalue weighted by Crippen LogP contribution is 2.26. The van der Waals surface area contributed by atoms with Crippen LogP contribution in [-0.4, -0.2) is 15.1 Å². The van der Waals surface area contributed by atoms with Crippen molar-refractivity contribution in [2.24, 2.45) is 0 Å². The smallest absolute Gasteiger partial charge is 0.264 e. The highest BCUT2D eigenvalue weighted by Gasteiger charge is 2.21. The Morgan fingerprint density at radius 1 is 1.19 bits per heavy atom. The molecule has 110 valence electrons. The lowest BCUT2D eigenvalue weighted by molar-refractivity contribution is 0.244. The number of para-hydroxylation sites is 1. The van der Waals surface area contributed by atoms with Crippen molar-refractivity contribution in [1.29, 1.82) is 0 Å². The molecule has 0 radical (unpaired) electrons. The number of fused-ring (bicyclic) bond motifs is 1. The largest absolute Gasteiger partial charge is 0.481 e. The van der Waals surface area contributed by atoms with Crippen molar-refractivity contribution >= 4 is 11.1 Å². The van der Waals surface area contributed by atoms with Crippen molar-refractivity contribution in [3.05, 3.63) is 35.8 Å². The molecule has 3 aromatic rings. The van der Waals surface area contributed by atoms with Gasteiger partial charge in [-0.2, -0.15) is 4.98 Å². The molecule has 0 saturated carbocycles. The molecule has 2 aromatic heterocycles. The van der Waals surface area contributed by atoms with Crippen LogP contribution in [0, 0.1) is 6.92 Å². The minimum Gasteiger partial charge on any atom is -0.481 e. The molecule has 0 saturated heterocycles. The van der Waals surface area contributed by atoms with E-state index in [9.17, 15) is 0 Å². The lowest BCUT2D eigenvalue weighted by Crippen LogP contribution is -2.13. The highest BCUT2D eigenvalue weighted by molar-refractivity contribution is 5.79. The van der Waals surface area contributed by atoms with Crippen LogP contribution in [0.1, 0.15) is 38.4 Å². The predicted molar refractivity (Wildman–Crippen MR) is 76.1 cm³/mol. The monoisotopic (exact) mass is 287 g/mol. The van der Waals surface area contributed by atoms with Crippen molar-refractivity contribution in [2.45, 2.75) is 39.7 Å². The molecule has 1 aromatic carbocycles. The van der Waals surface area contributed by atoms with Gasteiger partial charge in [0.1, 0.15) is 5.75 Å². The Labute approximate surface area is 122 Å². The van der Waals surface area contributed by atoms with Gasteiger partial charge in [0, 0.05) is 12.3 Å². The number of aromatic nitrogens is 3. The maximum atomic E-state index is 5.73. The summed E-state index contributed by atoms with van der Waals surface area (Å²) in [5, 5.41) is 3.97. The van der Waals surface area contributed by atoms with Crippen molar-refractivity contribution < 1.29 is 13.7 Å². The van der Waals surface area contributed by atoms with Gasteiger partial charge in [0.05, 0.1) is 0 Å². The molecule has 0 fully saturated rings. The van der Waals surface area contributed by atoms with Gasteiger partial charge in [-0.15, -0.1) is 0 Å². The molecule has 6 heteroatoms. The Kier molecular flexibility index (Phi) is 3.16. The molecule has 6 nitrogen and oxygen atoms in total. The van der Waals surface area contributed by atoms with Gasteiger partial charge in [-0.3, -0.25) is 0 Å². The standard InChI is InChI=1S/C15H17N3O3/c1-9-16-13-10(6-5-7-11(13)20-9)19-8-12-17-14(18-21-12)15(2,3)4/h5-7H,8H2,1-4H3. The molecule has 0 unspecified atom stereocenters. The molecule has 0 N–H and O–H groups in total. The third-order valence-corrected chi connectivity index (χ3v) is 2.98. The Morgan fingerprint density at radius 3 is 2.71 bits per heavy atom. The molecular weight excluding hydrogens is 270 g/mol. The van der Waals surface area contributed by atoms with Gasteiger partial charge >= 0.3 is 0 Å². The van der Waals surface area contributed by atoms with Gasteiger partial charge in [-0.25, -0.2) is 4.98 Å². The van der Waals surface area contributed by atoms with Gasteiger partial charge in [-0.05, 0) is 12.1 Å². The Hall–Kier alpha value is -2.37. The molecule has 0 aliphatic rings. The quantitative estimate of drug-likeness (QED) is 0.735. The fraction of sp³-hybridized carbons (Fsp3) is 0.400. The van der Waals surface area contributed by atoms with E-state index >= 15 is 0 Å². The number of rotatable bonds is 3. The molecule has 2 heterocycles. The van der Waals surface area contributed by atoms with Gasteiger partial charge in [0.25, 0.3) is 5.89 Å². The van der Waals surface area contributed by atoms with Gasteiger partial charge in [0.2, 0.25) is 0 Å². The van der Waals surface area contributed by atoms with Gasteiger partial charge in [0.15, 0.2) is 29.4 Å². The minimum absolute atomic E-state index is 0.148. The van der Waals surface area contributed by atoms with Crippen molar-refractivity contribution in [1.82, 2.24) is 15.1 Å². The van der Waals surface area contributed by atoms with E-state index in [4.69, 9.17) is 13.7 Å². The Balaban J connectivity index is 1.79. The number of nitrogens with zero attached hydrogens (tertiary/aromatic N) is 3. The predicted octanol–water partition coefficient (Wildman–Crippen LogP) is 3.40. The van der Waals surface area contributed by atoms with E-state index in [1.54, 1.807) is 6.92 Å². The van der Waals surface area contributed by atoms with E-state index in [1.165, 1.54) is 0 Å². The number of oxazole rings is 1. The number of aryl methyl sites for hydroxylation is 1.